The Labute approximate surface area is 277 Å². The molecule has 4 aromatic carbocycles. The largest absolute Gasteiger partial charge is 0.497 e. The highest BCUT2D eigenvalue weighted by atomic mass is 35.5. The van der Waals surface area contributed by atoms with Crippen LogP contribution in [-0.4, -0.2) is 50.9 Å². The predicted octanol–water partition coefficient (Wildman–Crippen LogP) is 6.33. The normalized spacial score (nSPS) is 12.0. The number of nitrogens with one attached hydrogen (secondary N) is 1. The monoisotopic (exact) mass is 661 g/mol. The number of sulfonamides is 1. The Morgan fingerprint density at radius 2 is 1.54 bits per heavy atom. The van der Waals surface area contributed by atoms with Crippen LogP contribution in [0.25, 0.3) is 0 Å². The minimum absolute atomic E-state index is 0.0388. The minimum atomic E-state index is -4.22. The molecule has 0 heterocycles. The maximum absolute atomic E-state index is 14.6. The molecule has 0 spiro atoms. The molecule has 0 radical (unpaired) electrons. The predicted molar refractivity (Wildman–Crippen MR) is 183 cm³/mol. The molecule has 0 unspecified atom stereocenters. The quantitative estimate of drug-likeness (QED) is 0.181. The fraction of sp³-hybridized carbons (Fsp3) is 0.278. The van der Waals surface area contributed by atoms with Crippen LogP contribution in [-0.2, 0) is 32.6 Å². The van der Waals surface area contributed by atoms with E-state index in [0.29, 0.717) is 22.0 Å². The van der Waals surface area contributed by atoms with Crippen molar-refractivity contribution in [3.05, 3.63) is 124 Å². The third kappa shape index (κ3) is 8.68. The second-order valence-corrected chi connectivity index (χ2v) is 13.8. The van der Waals surface area contributed by atoms with E-state index in [-0.39, 0.29) is 29.8 Å². The fourth-order valence-electron chi connectivity index (χ4n) is 5.15. The Balaban J connectivity index is 1.84. The maximum atomic E-state index is 14.6. The van der Waals surface area contributed by atoms with Crippen LogP contribution in [0.1, 0.15) is 36.1 Å². The first-order chi connectivity index (χ1) is 21.9. The Morgan fingerprint density at radius 3 is 2.17 bits per heavy atom. The van der Waals surface area contributed by atoms with Crippen LogP contribution in [0.5, 0.6) is 5.75 Å². The second kappa shape index (κ2) is 15.3. The van der Waals surface area contributed by atoms with Gasteiger partial charge in [0.1, 0.15) is 18.3 Å². The average molecular weight is 662 g/mol. The zero-order valence-corrected chi connectivity index (χ0v) is 28.3. The summed E-state index contributed by atoms with van der Waals surface area (Å²) in [4.78, 5) is 29.9. The van der Waals surface area contributed by atoms with Gasteiger partial charge in [0.15, 0.2) is 0 Å². The first-order valence-electron chi connectivity index (χ1n) is 15.0. The van der Waals surface area contributed by atoms with Gasteiger partial charge in [0, 0.05) is 24.0 Å². The van der Waals surface area contributed by atoms with E-state index in [4.69, 9.17) is 16.3 Å². The smallest absolute Gasteiger partial charge is 0.264 e. The van der Waals surface area contributed by atoms with Gasteiger partial charge in [-0.15, -0.1) is 0 Å². The number of benzene rings is 4. The number of ether oxygens (including phenoxy) is 1. The van der Waals surface area contributed by atoms with Gasteiger partial charge >= 0.3 is 0 Å². The molecule has 0 bridgehead atoms. The Hall–Kier alpha value is -4.34. The third-order valence-corrected chi connectivity index (χ3v) is 9.51. The molecule has 0 aromatic heterocycles. The summed E-state index contributed by atoms with van der Waals surface area (Å²) in [6, 6.07) is 26.8. The van der Waals surface area contributed by atoms with Gasteiger partial charge in [0.05, 0.1) is 17.7 Å². The second-order valence-electron chi connectivity index (χ2n) is 11.5. The number of halogens is 1. The summed E-state index contributed by atoms with van der Waals surface area (Å²) in [5.41, 5.74) is 3.36. The molecule has 0 aliphatic carbocycles. The lowest BCUT2D eigenvalue weighted by Gasteiger charge is -2.34. The van der Waals surface area contributed by atoms with Crippen LogP contribution in [0.15, 0.2) is 102 Å². The topological polar surface area (TPSA) is 96.0 Å². The molecule has 4 aromatic rings. The van der Waals surface area contributed by atoms with Gasteiger partial charge < -0.3 is 15.0 Å². The highest BCUT2D eigenvalue weighted by Crippen LogP contribution is 2.30. The van der Waals surface area contributed by atoms with E-state index in [0.717, 1.165) is 21.0 Å². The van der Waals surface area contributed by atoms with Gasteiger partial charge in [-0.25, -0.2) is 8.42 Å². The molecule has 0 saturated heterocycles. The molecule has 242 valence electrons. The summed E-state index contributed by atoms with van der Waals surface area (Å²) in [6.07, 6.45) is 0.222. The van der Waals surface area contributed by atoms with E-state index < -0.39 is 28.5 Å². The van der Waals surface area contributed by atoms with Gasteiger partial charge in [-0.1, -0.05) is 71.8 Å². The lowest BCUT2D eigenvalue weighted by Crippen LogP contribution is -2.54. The SMILES string of the molecule is COc1cccc(CN(C(=O)CN(c2ccc(Cl)cc2C)S(=O)(=O)c2ccc(C)cc2)[C@H](Cc2ccccc2)C(=O)NC(C)C)c1. The lowest BCUT2D eigenvalue weighted by atomic mass is 10.0. The van der Waals surface area contributed by atoms with Crippen molar-refractivity contribution >= 4 is 39.1 Å². The number of amides is 2. The molecule has 0 saturated carbocycles. The lowest BCUT2D eigenvalue weighted by molar-refractivity contribution is -0.140. The van der Waals surface area contributed by atoms with Crippen LogP contribution >= 0.6 is 11.6 Å². The summed E-state index contributed by atoms with van der Waals surface area (Å²) in [5, 5.41) is 3.40. The molecular weight excluding hydrogens is 622 g/mol. The van der Waals surface area contributed by atoms with Crippen molar-refractivity contribution in [1.29, 1.82) is 0 Å². The van der Waals surface area contributed by atoms with E-state index in [1.54, 1.807) is 56.5 Å². The van der Waals surface area contributed by atoms with Crippen molar-refractivity contribution in [2.45, 2.75) is 57.6 Å². The van der Waals surface area contributed by atoms with Gasteiger partial charge in [-0.05, 0) is 86.8 Å². The Kier molecular flexibility index (Phi) is 11.5. The van der Waals surface area contributed by atoms with E-state index in [1.165, 1.54) is 17.0 Å². The third-order valence-electron chi connectivity index (χ3n) is 7.50. The Bertz CT molecular complexity index is 1760. The molecule has 1 atom stereocenters. The van der Waals surface area contributed by atoms with Crippen molar-refractivity contribution in [2.24, 2.45) is 0 Å². The van der Waals surface area contributed by atoms with Crippen LogP contribution in [0, 0.1) is 13.8 Å². The zero-order chi connectivity index (χ0) is 33.4. The molecule has 1 N–H and O–H groups in total. The number of aryl methyl sites for hydroxylation is 2. The number of rotatable bonds is 13. The van der Waals surface area contributed by atoms with Crippen LogP contribution in [0.3, 0.4) is 0 Å². The molecular formula is C36H40ClN3O5S. The van der Waals surface area contributed by atoms with Gasteiger partial charge in [0.2, 0.25) is 11.8 Å². The van der Waals surface area contributed by atoms with Crippen molar-refractivity contribution in [1.82, 2.24) is 10.2 Å². The average Bonchev–Trinajstić information content (AvgIpc) is 3.02. The number of anilines is 1. The van der Waals surface area contributed by atoms with Gasteiger partial charge in [0.25, 0.3) is 10.0 Å². The minimum Gasteiger partial charge on any atom is -0.497 e. The summed E-state index contributed by atoms with van der Waals surface area (Å²) < 4.78 is 35.0. The van der Waals surface area contributed by atoms with E-state index in [9.17, 15) is 18.0 Å². The zero-order valence-electron chi connectivity index (χ0n) is 26.7. The fourth-order valence-corrected chi connectivity index (χ4v) is 6.86. The number of hydrogen-bond acceptors (Lipinski definition) is 5. The molecule has 8 nitrogen and oxygen atoms in total. The molecule has 0 aliphatic rings. The standard InChI is InChI=1S/C36H40ClN3O5S/c1-25(2)38-36(42)34(22-28-10-7-6-8-11-28)39(23-29-12-9-13-31(21-29)45-5)35(41)24-40(33-19-16-30(37)20-27(33)4)46(43,44)32-17-14-26(3)15-18-32/h6-21,25,34H,22-24H2,1-5H3,(H,38,42)/t34-/m1/s1. The van der Waals surface area contributed by atoms with Crippen molar-refractivity contribution in [3.63, 3.8) is 0 Å². The first-order valence-corrected chi connectivity index (χ1v) is 16.8. The number of methoxy groups -OCH3 is 1. The number of nitrogens with zero attached hydrogens (tertiary/aromatic N) is 2. The maximum Gasteiger partial charge on any atom is 0.264 e. The highest BCUT2D eigenvalue weighted by Gasteiger charge is 2.35. The molecule has 10 heteroatoms. The number of hydrogen-bond donors (Lipinski definition) is 1. The van der Waals surface area contributed by atoms with Crippen molar-refractivity contribution in [3.8, 4) is 5.75 Å². The van der Waals surface area contributed by atoms with Gasteiger partial charge in [-0.2, -0.15) is 0 Å². The summed E-state index contributed by atoms with van der Waals surface area (Å²) in [5.74, 6) is -0.296. The van der Waals surface area contributed by atoms with Crippen molar-refractivity contribution < 1.29 is 22.7 Å². The van der Waals surface area contributed by atoms with Gasteiger partial charge in [-0.3, -0.25) is 13.9 Å². The Morgan fingerprint density at radius 1 is 0.870 bits per heavy atom. The van der Waals surface area contributed by atoms with Crippen molar-refractivity contribution in [2.75, 3.05) is 18.0 Å². The van der Waals surface area contributed by atoms with Crippen LogP contribution < -0.4 is 14.4 Å². The molecule has 2 amide bonds. The molecule has 4 rings (SSSR count). The van der Waals surface area contributed by atoms with Crippen LogP contribution in [0.4, 0.5) is 5.69 Å². The first kappa shape index (κ1) is 34.5. The van der Waals surface area contributed by atoms with E-state index >= 15 is 0 Å². The van der Waals surface area contributed by atoms with E-state index in [1.807, 2.05) is 63.2 Å². The van der Waals surface area contributed by atoms with Crippen LogP contribution in [0.2, 0.25) is 5.02 Å². The number of carbonyl (C=O) groups excluding carboxylic acids is 2. The summed E-state index contributed by atoms with van der Waals surface area (Å²) in [7, 11) is -2.67. The highest BCUT2D eigenvalue weighted by molar-refractivity contribution is 7.92. The molecule has 0 aliphatic heterocycles. The summed E-state index contributed by atoms with van der Waals surface area (Å²) in [6.45, 7) is 6.80. The summed E-state index contributed by atoms with van der Waals surface area (Å²) >= 11 is 6.24. The molecule has 46 heavy (non-hydrogen) atoms. The van der Waals surface area contributed by atoms with E-state index in [2.05, 4.69) is 5.32 Å². The number of carbonyl (C=O) groups is 2. The molecule has 0 fully saturated rings.